The van der Waals surface area contributed by atoms with E-state index in [1.165, 1.54) is 0 Å². The van der Waals surface area contributed by atoms with Crippen molar-refractivity contribution in [3.8, 4) is 11.8 Å². The Bertz CT molecular complexity index is 399. The van der Waals surface area contributed by atoms with Crippen LogP contribution in [0, 0.1) is 18.3 Å². The van der Waals surface area contributed by atoms with Crippen LogP contribution in [0.5, 0.6) is 5.75 Å². The van der Waals surface area contributed by atoms with Gasteiger partial charge in [0, 0.05) is 5.56 Å². The summed E-state index contributed by atoms with van der Waals surface area (Å²) >= 11 is 0. The van der Waals surface area contributed by atoms with Crippen LogP contribution in [-0.4, -0.2) is 5.11 Å². The molecular formula is C12H13NO. The normalized spacial score (nSPS) is 18.3. The molecule has 2 rings (SSSR count). The number of hydrogen-bond acceptors (Lipinski definition) is 2. The number of benzene rings is 1. The lowest BCUT2D eigenvalue weighted by molar-refractivity contribution is 0.311. The fraction of sp³-hybridized carbons (Fsp3) is 0.417. The summed E-state index contributed by atoms with van der Waals surface area (Å²) in [6, 6.07) is 7.89. The van der Waals surface area contributed by atoms with Crippen molar-refractivity contribution < 1.29 is 5.11 Å². The first-order valence-corrected chi connectivity index (χ1v) is 4.89. The highest BCUT2D eigenvalue weighted by molar-refractivity contribution is 5.46. The summed E-state index contributed by atoms with van der Waals surface area (Å²) in [6.45, 7) is 1.93. The molecule has 1 aromatic rings. The van der Waals surface area contributed by atoms with E-state index in [1.807, 2.05) is 19.1 Å². The van der Waals surface area contributed by atoms with Crippen LogP contribution in [0.4, 0.5) is 0 Å². The van der Waals surface area contributed by atoms with Crippen LogP contribution < -0.4 is 0 Å². The van der Waals surface area contributed by atoms with E-state index in [-0.39, 0.29) is 5.75 Å². The van der Waals surface area contributed by atoms with Crippen molar-refractivity contribution in [1.29, 1.82) is 5.26 Å². The summed E-state index contributed by atoms with van der Waals surface area (Å²) in [5, 5.41) is 18.9. The van der Waals surface area contributed by atoms with Crippen molar-refractivity contribution in [2.45, 2.75) is 31.6 Å². The molecule has 0 spiro atoms. The Morgan fingerprint density at radius 1 is 1.43 bits per heavy atom. The quantitative estimate of drug-likeness (QED) is 0.734. The molecule has 2 nitrogen and oxygen atoms in total. The summed E-state index contributed by atoms with van der Waals surface area (Å²) < 4.78 is 0. The van der Waals surface area contributed by atoms with Gasteiger partial charge < -0.3 is 5.11 Å². The van der Waals surface area contributed by atoms with Gasteiger partial charge in [-0.15, -0.1) is 0 Å². The van der Waals surface area contributed by atoms with E-state index < -0.39 is 5.41 Å². The van der Waals surface area contributed by atoms with Gasteiger partial charge in [-0.3, -0.25) is 0 Å². The molecule has 0 heterocycles. The molecule has 0 saturated heterocycles. The maximum atomic E-state index is 9.77. The Hall–Kier alpha value is -1.49. The van der Waals surface area contributed by atoms with Gasteiger partial charge in [0.1, 0.15) is 5.75 Å². The van der Waals surface area contributed by atoms with Gasteiger partial charge in [0.15, 0.2) is 0 Å². The number of nitrogens with zero attached hydrogens (tertiary/aromatic N) is 1. The lowest BCUT2D eigenvalue weighted by atomic mass is 9.65. The minimum Gasteiger partial charge on any atom is -0.508 e. The fourth-order valence-electron chi connectivity index (χ4n) is 2.02. The number of aryl methyl sites for hydroxylation is 1. The average Bonchev–Trinajstić information content (AvgIpc) is 2.07. The minimum atomic E-state index is -0.405. The Balaban J connectivity index is 2.46. The molecule has 0 radical (unpaired) electrons. The number of hydrogen-bond donors (Lipinski definition) is 1. The predicted octanol–water partition coefficient (Wildman–Crippen LogP) is 2.65. The number of nitriles is 1. The molecule has 0 aliphatic heterocycles. The second kappa shape index (κ2) is 3.02. The van der Waals surface area contributed by atoms with Gasteiger partial charge in [0.05, 0.1) is 11.5 Å². The van der Waals surface area contributed by atoms with Crippen LogP contribution in [0.3, 0.4) is 0 Å². The van der Waals surface area contributed by atoms with Gasteiger partial charge in [0.25, 0.3) is 0 Å². The fourth-order valence-corrected chi connectivity index (χ4v) is 2.02. The zero-order chi connectivity index (χ0) is 10.2. The molecule has 0 unspecified atom stereocenters. The number of aromatic hydroxyl groups is 1. The second-order valence-electron chi connectivity index (χ2n) is 4.07. The van der Waals surface area contributed by atoms with Crippen molar-refractivity contribution in [3.63, 3.8) is 0 Å². The molecule has 1 N–H and O–H groups in total. The zero-order valence-corrected chi connectivity index (χ0v) is 8.25. The average molecular weight is 187 g/mol. The Labute approximate surface area is 83.8 Å². The third-order valence-electron chi connectivity index (χ3n) is 3.09. The molecular weight excluding hydrogens is 174 g/mol. The van der Waals surface area contributed by atoms with Crippen LogP contribution in [0.25, 0.3) is 0 Å². The van der Waals surface area contributed by atoms with Gasteiger partial charge in [-0.1, -0.05) is 12.1 Å². The summed E-state index contributed by atoms with van der Waals surface area (Å²) in [5.74, 6) is 0.270. The van der Waals surface area contributed by atoms with Crippen molar-refractivity contribution in [3.05, 3.63) is 29.3 Å². The first kappa shape index (κ1) is 9.08. The third kappa shape index (κ3) is 1.17. The highest BCUT2D eigenvalue weighted by Gasteiger charge is 2.40. The Kier molecular flexibility index (Phi) is 1.96. The minimum absolute atomic E-state index is 0.270. The second-order valence-corrected chi connectivity index (χ2v) is 4.07. The molecule has 1 aliphatic rings. The van der Waals surface area contributed by atoms with E-state index in [0.717, 1.165) is 30.4 Å². The molecule has 0 atom stereocenters. The van der Waals surface area contributed by atoms with Crippen LogP contribution in [-0.2, 0) is 5.41 Å². The van der Waals surface area contributed by atoms with Crippen molar-refractivity contribution in [2.75, 3.05) is 0 Å². The standard InChI is InChI=1S/C12H13NO/c1-9-3-4-10(11(14)7-9)12(8-13)5-2-6-12/h3-4,7,14H,2,5-6H2,1H3. The maximum absolute atomic E-state index is 9.77. The zero-order valence-electron chi connectivity index (χ0n) is 8.25. The van der Waals surface area contributed by atoms with Crippen molar-refractivity contribution >= 4 is 0 Å². The molecule has 2 heteroatoms. The summed E-state index contributed by atoms with van der Waals surface area (Å²) in [7, 11) is 0. The highest BCUT2D eigenvalue weighted by atomic mass is 16.3. The Morgan fingerprint density at radius 2 is 2.14 bits per heavy atom. The molecule has 1 aliphatic carbocycles. The molecule has 1 fully saturated rings. The van der Waals surface area contributed by atoms with E-state index in [1.54, 1.807) is 6.07 Å². The van der Waals surface area contributed by atoms with E-state index in [2.05, 4.69) is 6.07 Å². The molecule has 1 saturated carbocycles. The highest BCUT2D eigenvalue weighted by Crippen LogP contribution is 2.46. The number of rotatable bonds is 1. The van der Waals surface area contributed by atoms with E-state index in [0.29, 0.717) is 0 Å². The lowest BCUT2D eigenvalue weighted by Gasteiger charge is -2.36. The topological polar surface area (TPSA) is 44.0 Å². The molecule has 0 bridgehead atoms. The van der Waals surface area contributed by atoms with Crippen molar-refractivity contribution in [2.24, 2.45) is 0 Å². The van der Waals surface area contributed by atoms with E-state index >= 15 is 0 Å². The monoisotopic (exact) mass is 187 g/mol. The molecule has 72 valence electrons. The van der Waals surface area contributed by atoms with Crippen LogP contribution in [0.2, 0.25) is 0 Å². The molecule has 0 amide bonds. The SMILES string of the molecule is Cc1ccc(C2(C#N)CCC2)c(O)c1. The van der Waals surface area contributed by atoms with Crippen LogP contribution in [0.15, 0.2) is 18.2 Å². The largest absolute Gasteiger partial charge is 0.508 e. The summed E-state index contributed by atoms with van der Waals surface area (Å²) in [4.78, 5) is 0. The van der Waals surface area contributed by atoms with Crippen molar-refractivity contribution in [1.82, 2.24) is 0 Å². The number of phenolic OH excluding ortho intramolecular Hbond substituents is 1. The lowest BCUT2D eigenvalue weighted by Crippen LogP contribution is -2.32. The predicted molar refractivity (Wildman–Crippen MR) is 54.0 cm³/mol. The first-order valence-electron chi connectivity index (χ1n) is 4.89. The summed E-state index contributed by atoms with van der Waals surface area (Å²) in [6.07, 6.45) is 2.83. The van der Waals surface area contributed by atoms with Gasteiger partial charge in [-0.05, 0) is 37.8 Å². The molecule has 14 heavy (non-hydrogen) atoms. The smallest absolute Gasteiger partial charge is 0.120 e. The first-order chi connectivity index (χ1) is 6.68. The third-order valence-corrected chi connectivity index (χ3v) is 3.09. The van der Waals surface area contributed by atoms with Gasteiger partial charge in [-0.25, -0.2) is 0 Å². The van der Waals surface area contributed by atoms with Gasteiger partial charge in [-0.2, -0.15) is 5.26 Å². The van der Waals surface area contributed by atoms with Crippen LogP contribution >= 0.6 is 0 Å². The Morgan fingerprint density at radius 3 is 2.57 bits per heavy atom. The maximum Gasteiger partial charge on any atom is 0.120 e. The number of phenols is 1. The van der Waals surface area contributed by atoms with Gasteiger partial charge >= 0.3 is 0 Å². The molecule has 1 aromatic carbocycles. The van der Waals surface area contributed by atoms with E-state index in [9.17, 15) is 5.11 Å². The van der Waals surface area contributed by atoms with Crippen LogP contribution in [0.1, 0.15) is 30.4 Å². The summed E-state index contributed by atoms with van der Waals surface area (Å²) in [5.41, 5.74) is 1.42. The van der Waals surface area contributed by atoms with E-state index in [4.69, 9.17) is 5.26 Å². The molecule has 0 aromatic heterocycles. The van der Waals surface area contributed by atoms with Gasteiger partial charge in [0.2, 0.25) is 0 Å².